The minimum absolute atomic E-state index is 0.180. The monoisotopic (exact) mass is 410 g/mol. The predicted octanol–water partition coefficient (Wildman–Crippen LogP) is 0.453. The number of nitrogens with one attached hydrogen (secondary N) is 2. The Bertz CT molecular complexity index is 497. The lowest BCUT2D eigenvalue weighted by atomic mass is 9.97. The third-order valence-electron chi connectivity index (χ3n) is 5.96. The number of hydrogen-bond donors (Lipinski definition) is 2. The van der Waals surface area contributed by atoms with Gasteiger partial charge in [-0.3, -0.25) is 14.7 Å². The van der Waals surface area contributed by atoms with Crippen LogP contribution >= 0.6 is 0 Å². The molecule has 2 heterocycles. The number of rotatable bonds is 9. The first-order valence-corrected chi connectivity index (χ1v) is 11.2. The fourth-order valence-electron chi connectivity index (χ4n) is 3.91. The molecule has 2 aliphatic heterocycles. The summed E-state index contributed by atoms with van der Waals surface area (Å²) in [5.74, 6) is 1.79. The molecule has 168 valence electrons. The van der Waals surface area contributed by atoms with Crippen LogP contribution in [0.25, 0.3) is 0 Å². The lowest BCUT2D eigenvalue weighted by Crippen LogP contribution is -2.50. The van der Waals surface area contributed by atoms with Crippen LogP contribution in [0, 0.1) is 5.92 Å². The number of nitrogens with zero attached hydrogens (tertiary/aromatic N) is 4. The largest absolute Gasteiger partial charge is 0.383 e. The molecule has 0 aromatic heterocycles. The molecular weight excluding hydrogens is 368 g/mol. The molecule has 8 heteroatoms. The minimum Gasteiger partial charge on any atom is -0.383 e. The Hall–Kier alpha value is -1.38. The van der Waals surface area contributed by atoms with E-state index in [0.717, 1.165) is 71.2 Å². The van der Waals surface area contributed by atoms with Gasteiger partial charge >= 0.3 is 0 Å². The van der Waals surface area contributed by atoms with Gasteiger partial charge in [-0.2, -0.15) is 0 Å². The Labute approximate surface area is 177 Å². The lowest BCUT2D eigenvalue weighted by molar-refractivity contribution is -0.130. The van der Waals surface area contributed by atoms with Gasteiger partial charge in [0.15, 0.2) is 5.96 Å². The summed E-state index contributed by atoms with van der Waals surface area (Å²) in [5, 5.41) is 7.02. The quantitative estimate of drug-likeness (QED) is 0.425. The van der Waals surface area contributed by atoms with Crippen LogP contribution in [0.15, 0.2) is 4.99 Å². The molecule has 0 saturated carbocycles. The van der Waals surface area contributed by atoms with Crippen molar-refractivity contribution in [2.45, 2.75) is 38.6 Å². The second-order valence-electron chi connectivity index (χ2n) is 8.48. The molecule has 0 atom stereocenters. The van der Waals surface area contributed by atoms with Gasteiger partial charge in [0.05, 0.1) is 13.2 Å². The summed E-state index contributed by atoms with van der Waals surface area (Å²) >= 11 is 0. The topological polar surface area (TPSA) is 72.4 Å². The summed E-state index contributed by atoms with van der Waals surface area (Å²) in [5.41, 5.74) is 0. The number of guanidine groups is 1. The number of likely N-dealkylation sites (tertiary alicyclic amines) is 2. The summed E-state index contributed by atoms with van der Waals surface area (Å²) in [4.78, 5) is 23.2. The molecule has 2 saturated heterocycles. The zero-order valence-electron chi connectivity index (χ0n) is 19.0. The van der Waals surface area contributed by atoms with Crippen molar-refractivity contribution in [3.63, 3.8) is 0 Å². The average Bonchev–Trinajstić information content (AvgIpc) is 2.72. The number of hydrogen-bond acceptors (Lipinski definition) is 5. The molecule has 0 aromatic rings. The second kappa shape index (κ2) is 13.0. The molecule has 29 heavy (non-hydrogen) atoms. The highest BCUT2D eigenvalue weighted by molar-refractivity contribution is 5.80. The van der Waals surface area contributed by atoms with Gasteiger partial charge < -0.3 is 25.2 Å². The van der Waals surface area contributed by atoms with E-state index in [2.05, 4.69) is 27.4 Å². The first-order valence-electron chi connectivity index (χ1n) is 11.2. The first-order chi connectivity index (χ1) is 14.0. The van der Waals surface area contributed by atoms with Crippen molar-refractivity contribution in [3.05, 3.63) is 0 Å². The van der Waals surface area contributed by atoms with Crippen molar-refractivity contribution < 1.29 is 9.53 Å². The number of piperidine rings is 2. The second-order valence-corrected chi connectivity index (χ2v) is 8.48. The molecule has 0 radical (unpaired) electrons. The minimum atomic E-state index is 0.180. The summed E-state index contributed by atoms with van der Waals surface area (Å²) in [6.45, 7) is 10.5. The molecule has 2 N–H and O–H groups in total. The number of amides is 1. The van der Waals surface area contributed by atoms with Crippen LogP contribution in [0.3, 0.4) is 0 Å². The van der Waals surface area contributed by atoms with Crippen LogP contribution in [0.4, 0.5) is 0 Å². The van der Waals surface area contributed by atoms with Gasteiger partial charge in [-0.15, -0.1) is 0 Å². The fourth-order valence-corrected chi connectivity index (χ4v) is 3.91. The summed E-state index contributed by atoms with van der Waals surface area (Å²) in [7, 11) is 5.41. The van der Waals surface area contributed by atoms with E-state index in [0.29, 0.717) is 18.5 Å². The van der Waals surface area contributed by atoms with E-state index in [1.165, 1.54) is 12.8 Å². The molecule has 2 fully saturated rings. The van der Waals surface area contributed by atoms with Crippen LogP contribution in [-0.4, -0.2) is 113 Å². The van der Waals surface area contributed by atoms with Crippen molar-refractivity contribution in [1.29, 1.82) is 0 Å². The number of carbonyl (C=O) groups excluding carboxylic acids is 1. The Balaban J connectivity index is 1.72. The maximum absolute atomic E-state index is 11.9. The van der Waals surface area contributed by atoms with E-state index in [-0.39, 0.29) is 5.91 Å². The molecule has 0 bridgehead atoms. The highest BCUT2D eigenvalue weighted by Crippen LogP contribution is 2.17. The maximum Gasteiger partial charge on any atom is 0.236 e. The van der Waals surface area contributed by atoms with Crippen molar-refractivity contribution >= 4 is 11.9 Å². The van der Waals surface area contributed by atoms with E-state index in [1.54, 1.807) is 12.0 Å². The van der Waals surface area contributed by atoms with Crippen LogP contribution in [0.5, 0.6) is 0 Å². The van der Waals surface area contributed by atoms with E-state index >= 15 is 0 Å². The number of methoxy groups -OCH3 is 1. The maximum atomic E-state index is 11.9. The highest BCUT2D eigenvalue weighted by Gasteiger charge is 2.23. The van der Waals surface area contributed by atoms with Crippen molar-refractivity contribution in [3.8, 4) is 0 Å². The summed E-state index contributed by atoms with van der Waals surface area (Å²) in [6, 6.07) is 0.425. The Morgan fingerprint density at radius 1 is 1.10 bits per heavy atom. The Morgan fingerprint density at radius 2 is 1.76 bits per heavy atom. The number of aliphatic imine (C=N–C) groups is 1. The van der Waals surface area contributed by atoms with Gasteiger partial charge in [-0.05, 0) is 51.6 Å². The van der Waals surface area contributed by atoms with E-state index < -0.39 is 0 Å². The molecular formula is C21H42N6O2. The molecule has 8 nitrogen and oxygen atoms in total. The molecule has 2 rings (SSSR count). The van der Waals surface area contributed by atoms with Crippen LogP contribution in [0.2, 0.25) is 0 Å². The molecule has 0 aromatic carbocycles. The summed E-state index contributed by atoms with van der Waals surface area (Å²) < 4.78 is 5.18. The predicted molar refractivity (Wildman–Crippen MR) is 118 cm³/mol. The van der Waals surface area contributed by atoms with Crippen LogP contribution in [-0.2, 0) is 9.53 Å². The molecule has 2 aliphatic rings. The zero-order chi connectivity index (χ0) is 21.1. The normalized spacial score (nSPS) is 20.6. The van der Waals surface area contributed by atoms with Gasteiger partial charge in [0.2, 0.25) is 5.91 Å². The first kappa shape index (κ1) is 23.9. The van der Waals surface area contributed by atoms with E-state index in [1.807, 2.05) is 14.1 Å². The molecule has 0 spiro atoms. The fraction of sp³-hybridized carbons (Fsp3) is 0.905. The van der Waals surface area contributed by atoms with Gasteiger partial charge in [0.25, 0.3) is 0 Å². The standard InChI is InChI=1S/C21H42N6O2/c1-5-22-21(23-16-18-6-10-26(11-7-18)14-15-29-4)24-19-8-12-27(13-9-19)17-20(28)25(2)3/h18-19H,5-17H2,1-4H3,(H2,22,23,24). The smallest absolute Gasteiger partial charge is 0.236 e. The molecule has 1 amide bonds. The molecule has 0 aliphatic carbocycles. The number of ether oxygens (including phenoxy) is 1. The van der Waals surface area contributed by atoms with Crippen molar-refractivity contribution in [1.82, 2.24) is 25.3 Å². The highest BCUT2D eigenvalue weighted by atomic mass is 16.5. The zero-order valence-corrected chi connectivity index (χ0v) is 19.0. The number of likely N-dealkylation sites (N-methyl/N-ethyl adjacent to an activating group) is 1. The number of carbonyl (C=O) groups is 1. The SMILES string of the molecule is CCNC(=NCC1CCN(CCOC)CC1)NC1CCN(CC(=O)N(C)C)CC1. The van der Waals surface area contributed by atoms with Gasteiger partial charge in [-0.25, -0.2) is 0 Å². The third-order valence-corrected chi connectivity index (χ3v) is 5.96. The van der Waals surface area contributed by atoms with Crippen molar-refractivity contribution in [2.24, 2.45) is 10.9 Å². The lowest BCUT2D eigenvalue weighted by Gasteiger charge is -2.33. The van der Waals surface area contributed by atoms with Crippen LogP contribution < -0.4 is 10.6 Å². The Morgan fingerprint density at radius 3 is 2.34 bits per heavy atom. The summed E-state index contributed by atoms with van der Waals surface area (Å²) in [6.07, 6.45) is 4.52. The average molecular weight is 411 g/mol. The van der Waals surface area contributed by atoms with Crippen molar-refractivity contribution in [2.75, 3.05) is 80.2 Å². The van der Waals surface area contributed by atoms with Gasteiger partial charge in [0, 0.05) is 60.0 Å². The Kier molecular flexibility index (Phi) is 10.7. The van der Waals surface area contributed by atoms with Crippen LogP contribution in [0.1, 0.15) is 32.6 Å². The van der Waals surface area contributed by atoms with E-state index in [4.69, 9.17) is 9.73 Å². The van der Waals surface area contributed by atoms with Gasteiger partial charge in [-0.1, -0.05) is 0 Å². The molecule has 0 unspecified atom stereocenters. The van der Waals surface area contributed by atoms with E-state index in [9.17, 15) is 4.79 Å². The van der Waals surface area contributed by atoms with Gasteiger partial charge in [0.1, 0.15) is 0 Å². The third kappa shape index (κ3) is 8.88.